The second kappa shape index (κ2) is 5.12. The lowest BCUT2D eigenvalue weighted by molar-refractivity contribution is -0.119. The number of carbonyl (C=O) groups excluding carboxylic acids is 1. The molecule has 0 spiro atoms. The zero-order valence-corrected chi connectivity index (χ0v) is 15.5. The Hall–Kier alpha value is -1.29. The number of ketones is 1. The second-order valence-electron chi connectivity index (χ2n) is 9.67. The molecular formula is C21H29NO3. The molecule has 25 heavy (non-hydrogen) atoms. The van der Waals surface area contributed by atoms with Gasteiger partial charge < -0.3 is 5.11 Å². The van der Waals surface area contributed by atoms with Crippen LogP contribution in [0.1, 0.15) is 59.3 Å². The fraction of sp³-hybridized carbons (Fsp3) is 0.762. The number of carbonyl (C=O) groups is 1. The Kier molecular flexibility index (Phi) is 3.51. The SMILES string of the molecule is C=C1C[C@@]2(C)[C@@H](CCC2(C)O)[C@@H]2CCC3=CC(=O)C(N=O)C[C@]3(C)[C@H]12. The zero-order chi connectivity index (χ0) is 18.2. The van der Waals surface area contributed by atoms with E-state index in [1.165, 1.54) is 11.1 Å². The number of fused-ring (bicyclic) bond motifs is 5. The first kappa shape index (κ1) is 17.1. The van der Waals surface area contributed by atoms with Crippen molar-refractivity contribution in [1.29, 1.82) is 0 Å². The molecule has 136 valence electrons. The monoisotopic (exact) mass is 343 g/mol. The van der Waals surface area contributed by atoms with E-state index in [2.05, 4.69) is 25.6 Å². The quantitative estimate of drug-likeness (QED) is 0.574. The molecule has 4 nitrogen and oxygen atoms in total. The Morgan fingerprint density at radius 1 is 1.28 bits per heavy atom. The van der Waals surface area contributed by atoms with Crippen LogP contribution in [0.4, 0.5) is 0 Å². The number of rotatable bonds is 1. The molecule has 7 atom stereocenters. The van der Waals surface area contributed by atoms with Gasteiger partial charge in [0.15, 0.2) is 11.8 Å². The van der Waals surface area contributed by atoms with E-state index in [0.717, 1.165) is 32.1 Å². The minimum Gasteiger partial charge on any atom is -0.390 e. The molecule has 4 rings (SSSR count). The first-order chi connectivity index (χ1) is 11.6. The maximum absolute atomic E-state index is 12.2. The minimum absolute atomic E-state index is 0.115. The van der Waals surface area contributed by atoms with Gasteiger partial charge in [0.2, 0.25) is 0 Å². The molecule has 4 aliphatic carbocycles. The van der Waals surface area contributed by atoms with Crippen LogP contribution in [0.2, 0.25) is 0 Å². The predicted molar refractivity (Wildman–Crippen MR) is 96.8 cm³/mol. The van der Waals surface area contributed by atoms with Gasteiger partial charge in [-0.2, -0.15) is 4.91 Å². The lowest BCUT2D eigenvalue weighted by Crippen LogP contribution is -2.55. The van der Waals surface area contributed by atoms with Crippen molar-refractivity contribution >= 4 is 5.78 Å². The van der Waals surface area contributed by atoms with E-state index in [1.54, 1.807) is 6.08 Å². The molecule has 2 unspecified atom stereocenters. The third-order valence-corrected chi connectivity index (χ3v) is 8.53. The Labute approximate surface area is 149 Å². The number of nitroso groups, excluding NO2 is 1. The molecule has 0 aliphatic heterocycles. The van der Waals surface area contributed by atoms with Gasteiger partial charge >= 0.3 is 0 Å². The molecule has 0 radical (unpaired) electrons. The van der Waals surface area contributed by atoms with E-state index in [9.17, 15) is 14.8 Å². The topological polar surface area (TPSA) is 66.7 Å². The summed E-state index contributed by atoms with van der Waals surface area (Å²) in [7, 11) is 0. The summed E-state index contributed by atoms with van der Waals surface area (Å²) in [5.74, 6) is 1.12. The summed E-state index contributed by atoms with van der Waals surface area (Å²) in [6.45, 7) is 10.9. The summed E-state index contributed by atoms with van der Waals surface area (Å²) in [5.41, 5.74) is 1.43. The van der Waals surface area contributed by atoms with Crippen LogP contribution >= 0.6 is 0 Å². The number of hydrogen-bond acceptors (Lipinski definition) is 4. The van der Waals surface area contributed by atoms with Gasteiger partial charge in [-0.15, -0.1) is 0 Å². The maximum Gasteiger partial charge on any atom is 0.183 e. The van der Waals surface area contributed by atoms with Crippen molar-refractivity contribution in [2.24, 2.45) is 33.8 Å². The van der Waals surface area contributed by atoms with Crippen molar-refractivity contribution in [3.8, 4) is 0 Å². The normalized spacial score (nSPS) is 52.1. The standard InChI is InChI=1S/C21H29NO3/c1-12-10-20(3)15(7-8-21(20,4)24)14-6-5-13-9-17(23)16(22-25)11-19(13,2)18(12)14/h9,14-16,18,24H,1,5-8,10-11H2,2-4H3/t14-,15-,16?,18+,19-,20-,21?/m0/s1. The van der Waals surface area contributed by atoms with E-state index in [4.69, 9.17) is 0 Å². The van der Waals surface area contributed by atoms with Crippen molar-refractivity contribution in [2.75, 3.05) is 0 Å². The van der Waals surface area contributed by atoms with E-state index in [-0.39, 0.29) is 22.5 Å². The molecule has 1 N–H and O–H groups in total. The summed E-state index contributed by atoms with van der Waals surface area (Å²) in [6, 6.07) is -0.750. The molecule has 3 fully saturated rings. The van der Waals surface area contributed by atoms with Gasteiger partial charge in [0.1, 0.15) is 0 Å². The summed E-state index contributed by atoms with van der Waals surface area (Å²) in [4.78, 5) is 23.3. The van der Waals surface area contributed by atoms with Crippen LogP contribution in [0.5, 0.6) is 0 Å². The molecule has 4 aliphatic rings. The third kappa shape index (κ3) is 2.06. The van der Waals surface area contributed by atoms with Crippen molar-refractivity contribution in [3.05, 3.63) is 28.7 Å². The fourth-order valence-corrected chi connectivity index (χ4v) is 7.02. The number of aliphatic hydroxyl groups is 1. The van der Waals surface area contributed by atoms with Crippen LogP contribution in [0.25, 0.3) is 0 Å². The van der Waals surface area contributed by atoms with E-state index in [0.29, 0.717) is 18.3 Å². The second-order valence-corrected chi connectivity index (χ2v) is 9.67. The van der Waals surface area contributed by atoms with E-state index >= 15 is 0 Å². The lowest BCUT2D eigenvalue weighted by Gasteiger charge is -2.59. The van der Waals surface area contributed by atoms with Crippen LogP contribution in [-0.4, -0.2) is 22.5 Å². The van der Waals surface area contributed by atoms with Crippen molar-refractivity contribution in [1.82, 2.24) is 0 Å². The average Bonchev–Trinajstić information content (AvgIpc) is 2.76. The Bertz CT molecular complexity index is 693. The molecule has 0 heterocycles. The third-order valence-electron chi connectivity index (χ3n) is 8.53. The summed E-state index contributed by atoms with van der Waals surface area (Å²) in [5, 5.41) is 14.1. The molecule has 3 saturated carbocycles. The molecule has 4 heteroatoms. The molecular weight excluding hydrogens is 314 g/mol. The van der Waals surface area contributed by atoms with Crippen molar-refractivity contribution in [2.45, 2.75) is 70.9 Å². The highest BCUT2D eigenvalue weighted by Crippen LogP contribution is 2.68. The van der Waals surface area contributed by atoms with Gasteiger partial charge in [0.05, 0.1) is 5.60 Å². The van der Waals surface area contributed by atoms with Gasteiger partial charge in [-0.25, -0.2) is 0 Å². The summed E-state index contributed by atoms with van der Waals surface area (Å²) in [6.07, 6.45) is 6.92. The highest BCUT2D eigenvalue weighted by molar-refractivity contribution is 5.96. The van der Waals surface area contributed by atoms with Gasteiger partial charge in [0, 0.05) is 5.41 Å². The summed E-state index contributed by atoms with van der Waals surface area (Å²) >= 11 is 0. The van der Waals surface area contributed by atoms with Crippen LogP contribution in [0.15, 0.2) is 29.0 Å². The van der Waals surface area contributed by atoms with Gasteiger partial charge in [0.25, 0.3) is 0 Å². The largest absolute Gasteiger partial charge is 0.390 e. The molecule has 0 aromatic rings. The molecule has 0 saturated heterocycles. The molecule has 0 aromatic carbocycles. The minimum atomic E-state index is -0.750. The highest BCUT2D eigenvalue weighted by atomic mass is 16.3. The Balaban J connectivity index is 1.77. The maximum atomic E-state index is 12.2. The molecule has 0 aromatic heterocycles. The first-order valence-electron chi connectivity index (χ1n) is 9.61. The zero-order valence-electron chi connectivity index (χ0n) is 15.5. The first-order valence-corrected chi connectivity index (χ1v) is 9.61. The van der Waals surface area contributed by atoms with Gasteiger partial charge in [-0.05, 0) is 74.7 Å². The van der Waals surface area contributed by atoms with Crippen LogP contribution in [-0.2, 0) is 4.79 Å². The lowest BCUT2D eigenvalue weighted by atomic mass is 9.45. The molecule has 0 bridgehead atoms. The summed E-state index contributed by atoms with van der Waals surface area (Å²) < 4.78 is 0. The number of hydrogen-bond donors (Lipinski definition) is 1. The Morgan fingerprint density at radius 3 is 2.68 bits per heavy atom. The molecule has 0 amide bonds. The van der Waals surface area contributed by atoms with Crippen LogP contribution in [0.3, 0.4) is 0 Å². The van der Waals surface area contributed by atoms with Crippen molar-refractivity contribution < 1.29 is 9.90 Å². The smallest absolute Gasteiger partial charge is 0.183 e. The van der Waals surface area contributed by atoms with E-state index in [1.807, 2.05) is 6.92 Å². The van der Waals surface area contributed by atoms with Gasteiger partial charge in [-0.1, -0.05) is 36.7 Å². The van der Waals surface area contributed by atoms with Crippen molar-refractivity contribution in [3.63, 3.8) is 0 Å². The Morgan fingerprint density at radius 2 is 2.00 bits per heavy atom. The number of allylic oxidation sites excluding steroid dienone is 2. The van der Waals surface area contributed by atoms with E-state index < -0.39 is 11.6 Å². The van der Waals surface area contributed by atoms with Crippen LogP contribution in [0, 0.1) is 33.5 Å². The fourth-order valence-electron chi connectivity index (χ4n) is 7.02. The predicted octanol–water partition coefficient (Wildman–Crippen LogP) is 4.18. The van der Waals surface area contributed by atoms with Crippen LogP contribution < -0.4 is 0 Å². The van der Waals surface area contributed by atoms with Gasteiger partial charge in [-0.3, -0.25) is 4.79 Å². The average molecular weight is 343 g/mol. The number of nitrogens with zero attached hydrogens (tertiary/aromatic N) is 1. The highest BCUT2D eigenvalue weighted by Gasteiger charge is 2.64.